The summed E-state index contributed by atoms with van der Waals surface area (Å²) in [6.07, 6.45) is 3.15. The third-order valence-corrected chi connectivity index (χ3v) is 4.96. The Morgan fingerprint density at radius 1 is 1.13 bits per heavy atom. The molecule has 0 saturated carbocycles. The van der Waals surface area contributed by atoms with Crippen molar-refractivity contribution >= 4 is 35.5 Å². The van der Waals surface area contributed by atoms with Gasteiger partial charge in [-0.25, -0.2) is 9.98 Å². The SMILES string of the molecule is CN1CCN(c2ccc(NC(=Nc3ccccc3C=O)/C(C#N)=C\N=CN)cc2)CC1. The second-order valence-corrected chi connectivity index (χ2v) is 7.05. The first-order valence-corrected chi connectivity index (χ1v) is 9.92. The van der Waals surface area contributed by atoms with Crippen molar-refractivity contribution in [3.05, 3.63) is 65.9 Å². The quantitative estimate of drug-likeness (QED) is 0.325. The Balaban J connectivity index is 1.89. The number of para-hydroxylation sites is 1. The smallest absolute Gasteiger partial charge is 0.152 e. The molecule has 1 aliphatic rings. The molecular formula is C23H25N7O. The number of amidine groups is 1. The average molecular weight is 416 g/mol. The summed E-state index contributed by atoms with van der Waals surface area (Å²) in [5, 5.41) is 12.8. The number of anilines is 2. The van der Waals surface area contributed by atoms with Crippen LogP contribution >= 0.6 is 0 Å². The minimum Gasteiger partial charge on any atom is -0.390 e. The molecule has 1 fully saturated rings. The van der Waals surface area contributed by atoms with E-state index in [0.29, 0.717) is 11.3 Å². The van der Waals surface area contributed by atoms with E-state index in [-0.39, 0.29) is 11.4 Å². The lowest BCUT2D eigenvalue weighted by Gasteiger charge is -2.34. The molecule has 0 aliphatic carbocycles. The first-order chi connectivity index (χ1) is 15.1. The summed E-state index contributed by atoms with van der Waals surface area (Å²) in [7, 11) is 2.13. The number of hydrogen-bond donors (Lipinski definition) is 2. The van der Waals surface area contributed by atoms with Crippen molar-refractivity contribution in [3.63, 3.8) is 0 Å². The van der Waals surface area contributed by atoms with E-state index in [9.17, 15) is 10.1 Å². The molecule has 1 heterocycles. The van der Waals surface area contributed by atoms with Crippen LogP contribution in [-0.4, -0.2) is 56.6 Å². The molecule has 1 saturated heterocycles. The van der Waals surface area contributed by atoms with E-state index >= 15 is 0 Å². The standard InChI is InChI=1S/C23H25N7O/c1-29-10-12-30(13-11-29)21-8-6-20(7-9-21)27-23(19(14-24)15-26-17-25)28-22-5-3-2-4-18(22)16-31/h2-9,15-17H,10-13H2,1H3,(H2,25,26)(H,27,28)/b19-15-. The number of carbonyl (C=O) groups is 1. The minimum atomic E-state index is 0.186. The Morgan fingerprint density at radius 2 is 1.84 bits per heavy atom. The fourth-order valence-corrected chi connectivity index (χ4v) is 3.18. The summed E-state index contributed by atoms with van der Waals surface area (Å²) in [6, 6.07) is 17.0. The molecule has 2 aromatic carbocycles. The maximum Gasteiger partial charge on any atom is 0.152 e. The Morgan fingerprint density at radius 3 is 2.48 bits per heavy atom. The van der Waals surface area contributed by atoms with Gasteiger partial charge in [0.25, 0.3) is 0 Å². The zero-order valence-electron chi connectivity index (χ0n) is 17.4. The third kappa shape index (κ3) is 5.78. The van der Waals surface area contributed by atoms with Crippen LogP contribution in [0.5, 0.6) is 0 Å². The molecule has 31 heavy (non-hydrogen) atoms. The van der Waals surface area contributed by atoms with Crippen LogP contribution in [0, 0.1) is 11.3 Å². The molecule has 0 unspecified atom stereocenters. The number of likely N-dealkylation sites (N-methyl/N-ethyl adjacent to an activating group) is 1. The molecule has 0 bridgehead atoms. The molecular weight excluding hydrogens is 390 g/mol. The van der Waals surface area contributed by atoms with Crippen LogP contribution < -0.4 is 16.0 Å². The molecule has 0 aromatic heterocycles. The van der Waals surface area contributed by atoms with E-state index in [4.69, 9.17) is 5.73 Å². The Kier molecular flexibility index (Phi) is 7.51. The number of nitrogens with one attached hydrogen (secondary N) is 1. The summed E-state index contributed by atoms with van der Waals surface area (Å²) < 4.78 is 0. The van der Waals surface area contributed by atoms with Gasteiger partial charge in [-0.3, -0.25) is 4.79 Å². The molecule has 0 amide bonds. The minimum absolute atomic E-state index is 0.186. The van der Waals surface area contributed by atoms with Crippen molar-refractivity contribution in [2.45, 2.75) is 0 Å². The lowest BCUT2D eigenvalue weighted by Crippen LogP contribution is -2.44. The predicted molar refractivity (Wildman–Crippen MR) is 125 cm³/mol. The molecule has 2 aromatic rings. The first-order valence-electron chi connectivity index (χ1n) is 9.92. The fourth-order valence-electron chi connectivity index (χ4n) is 3.18. The molecule has 158 valence electrons. The van der Waals surface area contributed by atoms with Gasteiger partial charge in [0.05, 0.1) is 18.2 Å². The largest absolute Gasteiger partial charge is 0.390 e. The van der Waals surface area contributed by atoms with Crippen molar-refractivity contribution in [2.75, 3.05) is 43.4 Å². The number of benzene rings is 2. The van der Waals surface area contributed by atoms with E-state index in [0.717, 1.165) is 50.2 Å². The van der Waals surface area contributed by atoms with Crippen molar-refractivity contribution < 1.29 is 4.79 Å². The highest BCUT2D eigenvalue weighted by molar-refractivity contribution is 6.12. The van der Waals surface area contributed by atoms with Gasteiger partial charge in [0.2, 0.25) is 0 Å². The second kappa shape index (κ2) is 10.7. The number of aliphatic imine (C=N–C) groups is 2. The maximum atomic E-state index is 11.4. The zero-order valence-corrected chi connectivity index (χ0v) is 17.4. The van der Waals surface area contributed by atoms with E-state index in [1.807, 2.05) is 24.3 Å². The monoisotopic (exact) mass is 415 g/mol. The van der Waals surface area contributed by atoms with E-state index < -0.39 is 0 Å². The van der Waals surface area contributed by atoms with Crippen LogP contribution in [0.2, 0.25) is 0 Å². The molecule has 0 spiro atoms. The number of rotatable bonds is 6. The molecule has 0 radical (unpaired) electrons. The van der Waals surface area contributed by atoms with Crippen LogP contribution in [0.1, 0.15) is 10.4 Å². The first kappa shape index (κ1) is 21.7. The highest BCUT2D eigenvalue weighted by atomic mass is 16.1. The third-order valence-electron chi connectivity index (χ3n) is 4.96. The zero-order chi connectivity index (χ0) is 22.1. The number of aldehydes is 1. The normalized spacial score (nSPS) is 15.7. The topological polar surface area (TPSA) is 110 Å². The number of carbonyl (C=O) groups excluding carboxylic acids is 1. The van der Waals surface area contributed by atoms with Gasteiger partial charge in [0, 0.05) is 43.1 Å². The van der Waals surface area contributed by atoms with Crippen LogP contribution in [0.4, 0.5) is 17.1 Å². The molecule has 8 heteroatoms. The second-order valence-electron chi connectivity index (χ2n) is 7.05. The molecule has 0 atom stereocenters. The highest BCUT2D eigenvalue weighted by Crippen LogP contribution is 2.22. The summed E-state index contributed by atoms with van der Waals surface area (Å²) in [5.41, 5.74) is 8.29. The predicted octanol–water partition coefficient (Wildman–Crippen LogP) is 2.79. The van der Waals surface area contributed by atoms with Crippen LogP contribution in [0.3, 0.4) is 0 Å². The molecule has 3 N–H and O–H groups in total. The Labute approximate surface area is 182 Å². The van der Waals surface area contributed by atoms with Crippen molar-refractivity contribution in [1.82, 2.24) is 4.90 Å². The average Bonchev–Trinajstić information content (AvgIpc) is 2.81. The van der Waals surface area contributed by atoms with Gasteiger partial charge in [-0.15, -0.1) is 0 Å². The molecule has 3 rings (SSSR count). The Hall–Kier alpha value is -3.96. The number of nitrogens with zero attached hydrogens (tertiary/aromatic N) is 5. The lowest BCUT2D eigenvalue weighted by atomic mass is 10.2. The number of piperazine rings is 1. The number of hydrogen-bond acceptors (Lipinski definition) is 6. The fraction of sp³-hybridized carbons (Fsp3) is 0.217. The van der Waals surface area contributed by atoms with Gasteiger partial charge in [0.1, 0.15) is 11.6 Å². The number of nitriles is 1. The summed E-state index contributed by atoms with van der Waals surface area (Å²) in [5.74, 6) is 0.273. The lowest BCUT2D eigenvalue weighted by molar-refractivity contribution is 0.112. The van der Waals surface area contributed by atoms with E-state index in [1.165, 1.54) is 6.20 Å². The van der Waals surface area contributed by atoms with Gasteiger partial charge in [0.15, 0.2) is 12.1 Å². The molecule has 1 aliphatic heterocycles. The van der Waals surface area contributed by atoms with Crippen molar-refractivity contribution in [3.8, 4) is 6.07 Å². The highest BCUT2D eigenvalue weighted by Gasteiger charge is 2.15. The van der Waals surface area contributed by atoms with Gasteiger partial charge < -0.3 is 20.9 Å². The van der Waals surface area contributed by atoms with Crippen LogP contribution in [0.25, 0.3) is 0 Å². The summed E-state index contributed by atoms with van der Waals surface area (Å²) in [6.45, 7) is 4.03. The van der Waals surface area contributed by atoms with Gasteiger partial charge >= 0.3 is 0 Å². The number of nitrogens with two attached hydrogens (primary N) is 1. The van der Waals surface area contributed by atoms with Gasteiger partial charge in [-0.2, -0.15) is 5.26 Å². The van der Waals surface area contributed by atoms with Gasteiger partial charge in [-0.05, 0) is 43.4 Å². The van der Waals surface area contributed by atoms with Crippen LogP contribution in [-0.2, 0) is 0 Å². The van der Waals surface area contributed by atoms with Crippen molar-refractivity contribution in [2.24, 2.45) is 15.7 Å². The molecule has 8 nitrogen and oxygen atoms in total. The van der Waals surface area contributed by atoms with Gasteiger partial charge in [-0.1, -0.05) is 12.1 Å². The van der Waals surface area contributed by atoms with Crippen LogP contribution in [0.15, 0.2) is 70.3 Å². The maximum absolute atomic E-state index is 11.4. The van der Waals surface area contributed by atoms with Crippen molar-refractivity contribution in [1.29, 1.82) is 5.26 Å². The van der Waals surface area contributed by atoms with E-state index in [1.54, 1.807) is 24.3 Å². The Bertz CT molecular complexity index is 1030. The van der Waals surface area contributed by atoms with E-state index in [2.05, 4.69) is 38.2 Å². The summed E-state index contributed by atoms with van der Waals surface area (Å²) >= 11 is 0. The summed E-state index contributed by atoms with van der Waals surface area (Å²) in [4.78, 5) is 24.4.